The fraction of sp³-hybridized carbons (Fsp3) is 0.273. The minimum atomic E-state index is -4.93. The number of rotatable bonds is 6. The van der Waals surface area contributed by atoms with Gasteiger partial charge < -0.3 is 9.84 Å². The Kier molecular flexibility index (Phi) is 4.93. The third-order valence-electron chi connectivity index (χ3n) is 5.72. The highest BCUT2D eigenvalue weighted by atomic mass is 19.4. The van der Waals surface area contributed by atoms with Crippen LogP contribution in [-0.2, 0) is 19.1 Å². The Hall–Kier alpha value is -3.73. The number of aromatic amines is 1. The van der Waals surface area contributed by atoms with Gasteiger partial charge in [0, 0.05) is 36.4 Å². The lowest BCUT2D eigenvalue weighted by molar-refractivity contribution is -0.246. The summed E-state index contributed by atoms with van der Waals surface area (Å²) >= 11 is 0. The summed E-state index contributed by atoms with van der Waals surface area (Å²) in [7, 11) is 1.72. The number of nitrogens with zero attached hydrogens (tertiary/aromatic N) is 5. The molecule has 11 heteroatoms. The molecule has 170 valence electrons. The lowest BCUT2D eigenvalue weighted by Crippen LogP contribution is -2.41. The summed E-state index contributed by atoms with van der Waals surface area (Å²) in [6.45, 7) is 0.219. The van der Waals surface area contributed by atoms with E-state index >= 15 is 0 Å². The number of H-pyrrole nitrogens is 1. The molecular formula is C22H19F3N6O2. The molecule has 0 aliphatic heterocycles. The van der Waals surface area contributed by atoms with Crippen molar-refractivity contribution in [1.82, 2.24) is 30.4 Å². The Morgan fingerprint density at radius 3 is 2.67 bits per heavy atom. The largest absolute Gasteiger partial charge is 0.494 e. The lowest BCUT2D eigenvalue weighted by Gasteiger charge is -2.28. The highest BCUT2D eigenvalue weighted by molar-refractivity contribution is 5.93. The maximum absolute atomic E-state index is 14.3. The summed E-state index contributed by atoms with van der Waals surface area (Å²) < 4.78 is 50.3. The van der Waals surface area contributed by atoms with E-state index in [1.165, 1.54) is 18.2 Å². The number of aryl methyl sites for hydroxylation is 2. The molecule has 2 N–H and O–H groups in total. The van der Waals surface area contributed by atoms with Crippen LogP contribution in [0, 0.1) is 0 Å². The van der Waals surface area contributed by atoms with E-state index in [-0.39, 0.29) is 23.5 Å². The van der Waals surface area contributed by atoms with Crippen LogP contribution < -0.4 is 4.74 Å². The van der Waals surface area contributed by atoms with Gasteiger partial charge in [0.1, 0.15) is 5.75 Å². The van der Waals surface area contributed by atoms with Crippen molar-refractivity contribution in [3.05, 3.63) is 65.7 Å². The van der Waals surface area contributed by atoms with Crippen molar-refractivity contribution in [2.75, 3.05) is 6.61 Å². The zero-order valence-corrected chi connectivity index (χ0v) is 17.5. The van der Waals surface area contributed by atoms with Crippen LogP contribution in [0.25, 0.3) is 22.3 Å². The first kappa shape index (κ1) is 21.1. The van der Waals surface area contributed by atoms with Gasteiger partial charge in [-0.05, 0) is 35.2 Å². The topological polar surface area (TPSA) is 102 Å². The number of hydrogen-bond donors (Lipinski definition) is 2. The monoisotopic (exact) mass is 456 g/mol. The minimum Gasteiger partial charge on any atom is -0.494 e. The Labute approximate surface area is 186 Å². The molecule has 2 aromatic carbocycles. The molecule has 1 aliphatic rings. The summed E-state index contributed by atoms with van der Waals surface area (Å²) in [4.78, 5) is 0. The summed E-state index contributed by atoms with van der Waals surface area (Å²) in [6.07, 6.45) is -0.623. The molecular weight excluding hydrogens is 437 g/mol. The molecule has 33 heavy (non-hydrogen) atoms. The van der Waals surface area contributed by atoms with Crippen LogP contribution in [-0.4, -0.2) is 48.3 Å². The first-order valence-corrected chi connectivity index (χ1v) is 10.2. The normalized spacial score (nSPS) is 17.1. The SMILES string of the molecule is Cn1cc(-c2cc(OCCCc3nn[nH]n3)cc3c2-c2ccccc2C3(O)C(F)(F)F)cn1. The fourth-order valence-electron chi connectivity index (χ4n) is 4.24. The van der Waals surface area contributed by atoms with E-state index in [0.717, 1.165) is 0 Å². The van der Waals surface area contributed by atoms with Crippen molar-refractivity contribution in [3.63, 3.8) is 0 Å². The van der Waals surface area contributed by atoms with E-state index < -0.39 is 11.8 Å². The Morgan fingerprint density at radius 2 is 1.97 bits per heavy atom. The van der Waals surface area contributed by atoms with Crippen molar-refractivity contribution >= 4 is 0 Å². The zero-order valence-electron chi connectivity index (χ0n) is 17.5. The number of aromatic nitrogens is 6. The van der Waals surface area contributed by atoms with E-state index in [9.17, 15) is 18.3 Å². The number of benzene rings is 2. The van der Waals surface area contributed by atoms with Crippen molar-refractivity contribution in [1.29, 1.82) is 0 Å². The Bertz CT molecular complexity index is 1300. The molecule has 0 fully saturated rings. The van der Waals surface area contributed by atoms with E-state index in [4.69, 9.17) is 4.74 Å². The molecule has 1 unspecified atom stereocenters. The number of fused-ring (bicyclic) bond motifs is 3. The van der Waals surface area contributed by atoms with Crippen LogP contribution in [0.1, 0.15) is 23.4 Å². The Balaban J connectivity index is 1.60. The van der Waals surface area contributed by atoms with E-state index in [2.05, 4.69) is 25.7 Å². The molecule has 2 aromatic heterocycles. The van der Waals surface area contributed by atoms with Gasteiger partial charge >= 0.3 is 6.18 Å². The molecule has 1 atom stereocenters. The maximum Gasteiger partial charge on any atom is 0.425 e. The zero-order chi connectivity index (χ0) is 23.2. The molecule has 5 rings (SSSR count). The molecule has 0 saturated carbocycles. The maximum atomic E-state index is 14.3. The summed E-state index contributed by atoms with van der Waals surface area (Å²) in [5, 5.41) is 28.8. The molecule has 8 nitrogen and oxygen atoms in total. The molecule has 0 spiro atoms. The van der Waals surface area contributed by atoms with Gasteiger partial charge in [-0.3, -0.25) is 4.68 Å². The average Bonchev–Trinajstić information content (AvgIpc) is 3.51. The van der Waals surface area contributed by atoms with E-state index in [0.29, 0.717) is 40.9 Å². The predicted molar refractivity (Wildman–Crippen MR) is 111 cm³/mol. The number of ether oxygens (including phenoxy) is 1. The highest BCUT2D eigenvalue weighted by Crippen LogP contribution is 2.58. The van der Waals surface area contributed by atoms with Crippen LogP contribution in [0.4, 0.5) is 13.2 Å². The van der Waals surface area contributed by atoms with Crippen molar-refractivity contribution in [2.45, 2.75) is 24.6 Å². The second-order valence-electron chi connectivity index (χ2n) is 7.83. The number of halogens is 3. The van der Waals surface area contributed by atoms with Gasteiger partial charge in [-0.1, -0.05) is 29.5 Å². The van der Waals surface area contributed by atoms with Gasteiger partial charge in [0.05, 0.1) is 12.8 Å². The lowest BCUT2D eigenvalue weighted by atomic mass is 9.89. The van der Waals surface area contributed by atoms with Crippen LogP contribution in [0.15, 0.2) is 48.8 Å². The van der Waals surface area contributed by atoms with Crippen LogP contribution in [0.2, 0.25) is 0 Å². The second kappa shape index (κ2) is 7.69. The third kappa shape index (κ3) is 3.44. The summed E-state index contributed by atoms with van der Waals surface area (Å²) in [5.41, 5.74) is -1.85. The smallest absolute Gasteiger partial charge is 0.425 e. The molecule has 2 heterocycles. The van der Waals surface area contributed by atoms with E-state index in [1.807, 2.05) is 0 Å². The second-order valence-corrected chi connectivity index (χ2v) is 7.83. The molecule has 0 radical (unpaired) electrons. The molecule has 0 amide bonds. The van der Waals surface area contributed by atoms with Crippen LogP contribution in [0.5, 0.6) is 5.75 Å². The number of hydrogen-bond acceptors (Lipinski definition) is 6. The average molecular weight is 456 g/mol. The first-order valence-electron chi connectivity index (χ1n) is 10.2. The number of nitrogens with one attached hydrogen (secondary N) is 1. The highest BCUT2D eigenvalue weighted by Gasteiger charge is 2.61. The van der Waals surface area contributed by atoms with Gasteiger partial charge in [0.2, 0.25) is 5.60 Å². The minimum absolute atomic E-state index is 0.202. The van der Waals surface area contributed by atoms with Gasteiger partial charge in [0.25, 0.3) is 0 Å². The summed E-state index contributed by atoms with van der Waals surface area (Å²) in [6, 6.07) is 8.99. The summed E-state index contributed by atoms with van der Waals surface area (Å²) in [5.74, 6) is 0.738. The van der Waals surface area contributed by atoms with Crippen molar-refractivity contribution in [3.8, 4) is 28.0 Å². The van der Waals surface area contributed by atoms with Crippen molar-refractivity contribution < 1.29 is 23.0 Å². The van der Waals surface area contributed by atoms with Crippen molar-refractivity contribution in [2.24, 2.45) is 7.05 Å². The molecule has 0 saturated heterocycles. The van der Waals surface area contributed by atoms with Gasteiger partial charge in [-0.25, -0.2) is 0 Å². The quantitative estimate of drug-likeness (QED) is 0.432. The molecule has 0 bridgehead atoms. The third-order valence-corrected chi connectivity index (χ3v) is 5.72. The fourth-order valence-corrected chi connectivity index (χ4v) is 4.24. The number of aliphatic hydroxyl groups is 1. The first-order chi connectivity index (χ1) is 15.8. The number of tetrazole rings is 1. The standard InChI is InChI=1S/C22H19F3N6O2/c1-31-12-13(11-26-31)16-9-14(33-8-4-7-19-27-29-30-28-19)10-18-20(16)15-5-2-3-6-17(15)21(18,32)22(23,24)25/h2-3,5-6,9-12,32H,4,7-8H2,1H3,(H,27,28,29,30). The van der Waals surface area contributed by atoms with Gasteiger partial charge in [-0.15, -0.1) is 10.2 Å². The molecule has 4 aromatic rings. The van der Waals surface area contributed by atoms with E-state index in [1.54, 1.807) is 42.3 Å². The molecule has 1 aliphatic carbocycles. The van der Waals surface area contributed by atoms with Gasteiger partial charge in [-0.2, -0.15) is 23.5 Å². The van der Waals surface area contributed by atoms with Crippen LogP contribution in [0.3, 0.4) is 0 Å². The van der Waals surface area contributed by atoms with Crippen LogP contribution >= 0.6 is 0 Å². The predicted octanol–water partition coefficient (Wildman–Crippen LogP) is 3.39. The number of alkyl halides is 3. The van der Waals surface area contributed by atoms with Gasteiger partial charge in [0.15, 0.2) is 5.82 Å². The Morgan fingerprint density at radius 1 is 1.15 bits per heavy atom.